The molecule has 1 aliphatic heterocycles. The maximum atomic E-state index is 11.3. The molecule has 2 aromatic carbocycles. The molecule has 0 aromatic heterocycles. The van der Waals surface area contributed by atoms with Crippen LogP contribution in [0.1, 0.15) is 23.6 Å². The molecule has 0 unspecified atom stereocenters. The smallest absolute Gasteiger partial charge is 0.164 e. The zero-order chi connectivity index (χ0) is 16.6. The van der Waals surface area contributed by atoms with Crippen molar-refractivity contribution >= 4 is 11.3 Å². The quantitative estimate of drug-likeness (QED) is 0.833. The van der Waals surface area contributed by atoms with Crippen LogP contribution < -0.4 is 4.74 Å². The fourth-order valence-electron chi connectivity index (χ4n) is 2.57. The first-order valence-electron chi connectivity index (χ1n) is 7.15. The predicted molar refractivity (Wildman–Crippen MR) is 88.0 cm³/mol. The molecule has 0 amide bonds. The summed E-state index contributed by atoms with van der Waals surface area (Å²) in [6.07, 6.45) is 0.634. The van der Waals surface area contributed by atoms with E-state index in [9.17, 15) is 15.1 Å². The molecule has 2 N–H and O–H groups in total. The monoisotopic (exact) mass is 309 g/mol. The van der Waals surface area contributed by atoms with Crippen molar-refractivity contribution in [2.75, 3.05) is 0 Å². The lowest BCUT2D eigenvalue weighted by Gasteiger charge is -2.22. The van der Waals surface area contributed by atoms with Crippen molar-refractivity contribution < 1.29 is 14.9 Å². The number of hydrogen-bond donors (Lipinski definition) is 2. The molecule has 5 heteroatoms. The Kier molecular flexibility index (Phi) is 3.62. The number of aryl methyl sites for hydroxylation is 1. The lowest BCUT2D eigenvalue weighted by Crippen LogP contribution is -2.08. The van der Waals surface area contributed by atoms with Gasteiger partial charge in [0.15, 0.2) is 11.5 Å². The second-order valence-electron chi connectivity index (χ2n) is 5.23. The minimum absolute atomic E-state index is 0.0540. The normalized spacial score (nSPS) is 13.5. The summed E-state index contributed by atoms with van der Waals surface area (Å²) in [6, 6.07) is 9.53. The number of allylic oxidation sites excluding steroid dienone is 1. The van der Waals surface area contributed by atoms with Gasteiger partial charge in [-0.1, -0.05) is 13.5 Å². The van der Waals surface area contributed by atoms with Crippen LogP contribution in [0.4, 0.5) is 0 Å². The Morgan fingerprint density at radius 3 is 2.65 bits per heavy atom. The molecule has 3 rings (SSSR count). The summed E-state index contributed by atoms with van der Waals surface area (Å²) in [5.41, 5.74) is 2.49. The summed E-state index contributed by atoms with van der Waals surface area (Å²) in [5.74, 6) is 0.907. The molecule has 0 spiro atoms. The molecular weight excluding hydrogens is 294 g/mol. The molecule has 0 radical (unpaired) electrons. The van der Waals surface area contributed by atoms with Gasteiger partial charge in [-0.05, 0) is 47.5 Å². The van der Waals surface area contributed by atoms with Crippen LogP contribution >= 0.6 is 0 Å². The van der Waals surface area contributed by atoms with Crippen LogP contribution in [-0.4, -0.2) is 10.2 Å². The SMILES string of the molecule is C=C1C(N=O)=C(c2ccc(O)c(CC)c2)Oc2cc(O)ccc21. The second-order valence-corrected chi connectivity index (χ2v) is 5.23. The summed E-state index contributed by atoms with van der Waals surface area (Å²) in [7, 11) is 0. The van der Waals surface area contributed by atoms with Crippen LogP contribution in [0.25, 0.3) is 11.3 Å². The van der Waals surface area contributed by atoms with E-state index in [1.54, 1.807) is 24.3 Å². The third kappa shape index (κ3) is 2.46. The van der Waals surface area contributed by atoms with Crippen molar-refractivity contribution in [1.29, 1.82) is 0 Å². The predicted octanol–water partition coefficient (Wildman–Crippen LogP) is 4.20. The van der Waals surface area contributed by atoms with Gasteiger partial charge in [-0.3, -0.25) is 0 Å². The molecule has 23 heavy (non-hydrogen) atoms. The van der Waals surface area contributed by atoms with Crippen molar-refractivity contribution in [2.24, 2.45) is 5.18 Å². The largest absolute Gasteiger partial charge is 0.508 e. The third-order valence-corrected chi connectivity index (χ3v) is 3.82. The molecule has 0 fully saturated rings. The average Bonchev–Trinajstić information content (AvgIpc) is 2.55. The summed E-state index contributed by atoms with van der Waals surface area (Å²) < 4.78 is 5.80. The summed E-state index contributed by atoms with van der Waals surface area (Å²) >= 11 is 0. The minimum atomic E-state index is 0.0540. The van der Waals surface area contributed by atoms with Crippen molar-refractivity contribution in [3.05, 3.63) is 70.3 Å². The number of fused-ring (bicyclic) bond motifs is 1. The zero-order valence-electron chi connectivity index (χ0n) is 12.5. The van der Waals surface area contributed by atoms with Gasteiger partial charge in [-0.2, -0.15) is 0 Å². The lowest BCUT2D eigenvalue weighted by atomic mass is 9.96. The van der Waals surface area contributed by atoms with Gasteiger partial charge in [0.25, 0.3) is 0 Å². The summed E-state index contributed by atoms with van der Waals surface area (Å²) in [4.78, 5) is 11.3. The number of aromatic hydroxyl groups is 2. The van der Waals surface area contributed by atoms with Crippen LogP contribution in [-0.2, 0) is 6.42 Å². The van der Waals surface area contributed by atoms with Gasteiger partial charge in [0, 0.05) is 22.8 Å². The Hall–Kier alpha value is -3.08. The van der Waals surface area contributed by atoms with Crippen LogP contribution in [0.15, 0.2) is 53.9 Å². The van der Waals surface area contributed by atoms with Crippen LogP contribution in [0.2, 0.25) is 0 Å². The molecular formula is C18H15NO4. The maximum Gasteiger partial charge on any atom is 0.164 e. The van der Waals surface area contributed by atoms with Crippen molar-refractivity contribution in [1.82, 2.24) is 0 Å². The molecule has 1 heterocycles. The highest BCUT2D eigenvalue weighted by Crippen LogP contribution is 2.43. The van der Waals surface area contributed by atoms with E-state index in [1.165, 1.54) is 12.1 Å². The first-order valence-corrected chi connectivity index (χ1v) is 7.15. The second kappa shape index (κ2) is 5.61. The summed E-state index contributed by atoms with van der Waals surface area (Å²) in [6.45, 7) is 5.83. The van der Waals surface area contributed by atoms with Gasteiger partial charge in [0.2, 0.25) is 0 Å². The number of ether oxygens (including phenoxy) is 1. The highest BCUT2D eigenvalue weighted by atomic mass is 16.5. The van der Waals surface area contributed by atoms with E-state index in [-0.39, 0.29) is 23.0 Å². The number of nitroso groups, excluding NO2 is 1. The molecule has 1 aliphatic rings. The first kappa shape index (κ1) is 14.8. The number of benzene rings is 2. The highest BCUT2D eigenvalue weighted by molar-refractivity contribution is 5.91. The molecule has 116 valence electrons. The van der Waals surface area contributed by atoms with E-state index in [1.807, 2.05) is 6.92 Å². The molecule has 0 aliphatic carbocycles. The summed E-state index contributed by atoms with van der Waals surface area (Å²) in [5, 5.41) is 22.5. The Balaban J connectivity index is 2.17. The van der Waals surface area contributed by atoms with Gasteiger partial charge >= 0.3 is 0 Å². The van der Waals surface area contributed by atoms with E-state index in [2.05, 4.69) is 11.8 Å². The van der Waals surface area contributed by atoms with Crippen molar-refractivity contribution in [3.8, 4) is 17.2 Å². The number of nitrogens with zero attached hydrogens (tertiary/aromatic N) is 1. The topological polar surface area (TPSA) is 79.1 Å². The van der Waals surface area contributed by atoms with Crippen molar-refractivity contribution in [3.63, 3.8) is 0 Å². The molecule has 0 bridgehead atoms. The average molecular weight is 309 g/mol. The van der Waals surface area contributed by atoms with E-state index >= 15 is 0 Å². The highest BCUT2D eigenvalue weighted by Gasteiger charge is 2.26. The number of rotatable bonds is 3. The van der Waals surface area contributed by atoms with E-state index in [4.69, 9.17) is 4.74 Å². The van der Waals surface area contributed by atoms with Gasteiger partial charge in [-0.15, -0.1) is 4.91 Å². The molecule has 2 aromatic rings. The van der Waals surface area contributed by atoms with Crippen LogP contribution in [0.3, 0.4) is 0 Å². The Bertz CT molecular complexity index is 852. The van der Waals surface area contributed by atoms with Crippen LogP contribution in [0, 0.1) is 4.91 Å². The van der Waals surface area contributed by atoms with E-state index in [0.717, 1.165) is 5.56 Å². The minimum Gasteiger partial charge on any atom is -0.508 e. The van der Waals surface area contributed by atoms with Gasteiger partial charge in [0.05, 0.1) is 0 Å². The first-order chi connectivity index (χ1) is 11.0. The lowest BCUT2D eigenvalue weighted by molar-refractivity contribution is 0.461. The molecule has 0 saturated carbocycles. The van der Waals surface area contributed by atoms with Gasteiger partial charge in [-0.25, -0.2) is 0 Å². The molecule has 0 saturated heterocycles. The van der Waals surface area contributed by atoms with E-state index in [0.29, 0.717) is 28.9 Å². The zero-order valence-corrected chi connectivity index (χ0v) is 12.5. The standard InChI is InChI=1S/C18H15NO4/c1-3-11-8-12(4-7-15(11)21)18-17(19-22)10(2)14-6-5-13(20)9-16(14)23-18/h4-9,20-21H,2-3H2,1H3. The number of phenolic OH excluding ortho intramolecular Hbond substituents is 2. The number of hydrogen-bond acceptors (Lipinski definition) is 5. The van der Waals surface area contributed by atoms with Gasteiger partial charge in [0.1, 0.15) is 17.2 Å². The van der Waals surface area contributed by atoms with Crippen molar-refractivity contribution in [2.45, 2.75) is 13.3 Å². The van der Waals surface area contributed by atoms with E-state index < -0.39 is 0 Å². The molecule has 0 atom stereocenters. The Morgan fingerprint density at radius 2 is 1.96 bits per heavy atom. The fraction of sp³-hybridized carbons (Fsp3) is 0.111. The Morgan fingerprint density at radius 1 is 1.17 bits per heavy atom. The van der Waals surface area contributed by atoms with Crippen LogP contribution in [0.5, 0.6) is 17.2 Å². The van der Waals surface area contributed by atoms with Gasteiger partial charge < -0.3 is 14.9 Å². The fourth-order valence-corrected chi connectivity index (χ4v) is 2.57. The molecule has 5 nitrogen and oxygen atoms in total. The number of phenols is 2. The third-order valence-electron chi connectivity index (χ3n) is 3.82. The maximum absolute atomic E-state index is 11.3. The Labute approximate surface area is 133 Å².